The molecule has 2 aromatic carbocycles. The molecular formula is C19H16N4O2S. The number of hydrogen-bond acceptors (Lipinski definition) is 5. The zero-order valence-electron chi connectivity index (χ0n) is 14.0. The van der Waals surface area contributed by atoms with Gasteiger partial charge in [-0.15, -0.1) is 5.10 Å². The number of sulfone groups is 1. The maximum atomic E-state index is 11.8. The first-order valence-corrected chi connectivity index (χ1v) is 9.88. The fourth-order valence-electron chi connectivity index (χ4n) is 2.71. The fraction of sp³-hybridized carbons (Fsp3) is 0.0526. The highest BCUT2D eigenvalue weighted by molar-refractivity contribution is 7.90. The predicted octanol–water partition coefficient (Wildman–Crippen LogP) is 3.54. The Morgan fingerprint density at radius 3 is 2.46 bits per heavy atom. The quantitative estimate of drug-likeness (QED) is 0.599. The second-order valence-electron chi connectivity index (χ2n) is 5.91. The van der Waals surface area contributed by atoms with Gasteiger partial charge < -0.3 is 5.32 Å². The second kappa shape index (κ2) is 6.27. The van der Waals surface area contributed by atoms with Gasteiger partial charge in [0.15, 0.2) is 15.5 Å². The summed E-state index contributed by atoms with van der Waals surface area (Å²) in [6, 6.07) is 22.1. The number of nitrogens with zero attached hydrogens (tertiary/aromatic N) is 3. The van der Waals surface area contributed by atoms with Crippen molar-refractivity contribution in [1.29, 1.82) is 0 Å². The molecule has 2 heterocycles. The van der Waals surface area contributed by atoms with E-state index in [2.05, 4.69) is 15.4 Å². The van der Waals surface area contributed by atoms with Gasteiger partial charge in [-0.25, -0.2) is 12.9 Å². The number of hydrogen-bond donors (Lipinski definition) is 1. The van der Waals surface area contributed by atoms with Gasteiger partial charge in [0, 0.05) is 17.5 Å². The topological polar surface area (TPSA) is 76.4 Å². The minimum Gasteiger partial charge on any atom is -0.323 e. The molecule has 7 heteroatoms. The second-order valence-corrected chi connectivity index (χ2v) is 7.92. The van der Waals surface area contributed by atoms with E-state index in [0.717, 1.165) is 16.9 Å². The molecule has 0 aliphatic carbocycles. The lowest BCUT2D eigenvalue weighted by Crippen LogP contribution is -1.99. The first-order valence-electron chi connectivity index (χ1n) is 7.99. The van der Waals surface area contributed by atoms with Gasteiger partial charge in [0.2, 0.25) is 5.95 Å². The van der Waals surface area contributed by atoms with Crippen molar-refractivity contribution >= 4 is 27.1 Å². The Bertz CT molecular complexity index is 1180. The van der Waals surface area contributed by atoms with Gasteiger partial charge >= 0.3 is 0 Å². The van der Waals surface area contributed by atoms with E-state index in [0.29, 0.717) is 11.6 Å². The number of benzene rings is 2. The van der Waals surface area contributed by atoms with Crippen LogP contribution in [0.2, 0.25) is 0 Å². The molecule has 0 saturated heterocycles. The molecule has 130 valence electrons. The Morgan fingerprint density at radius 1 is 0.923 bits per heavy atom. The Balaban J connectivity index is 1.79. The van der Waals surface area contributed by atoms with Crippen LogP contribution in [0.3, 0.4) is 0 Å². The van der Waals surface area contributed by atoms with Crippen molar-refractivity contribution < 1.29 is 8.42 Å². The van der Waals surface area contributed by atoms with Crippen molar-refractivity contribution in [3.63, 3.8) is 0 Å². The Kier molecular flexibility index (Phi) is 3.93. The molecule has 0 saturated carbocycles. The molecule has 0 radical (unpaired) electrons. The summed E-state index contributed by atoms with van der Waals surface area (Å²) < 4.78 is 25.4. The van der Waals surface area contributed by atoms with Crippen LogP contribution < -0.4 is 5.32 Å². The summed E-state index contributed by atoms with van der Waals surface area (Å²) in [5.74, 6) is 0.475. The van der Waals surface area contributed by atoms with Crippen LogP contribution >= 0.6 is 0 Å². The number of rotatable bonds is 4. The molecule has 6 nitrogen and oxygen atoms in total. The number of para-hydroxylation sites is 1. The zero-order valence-corrected chi connectivity index (χ0v) is 14.8. The molecule has 0 bridgehead atoms. The van der Waals surface area contributed by atoms with Crippen molar-refractivity contribution in [2.45, 2.75) is 4.90 Å². The van der Waals surface area contributed by atoms with Crippen LogP contribution in [0.4, 0.5) is 11.6 Å². The smallest absolute Gasteiger partial charge is 0.247 e. The van der Waals surface area contributed by atoms with E-state index >= 15 is 0 Å². The highest BCUT2D eigenvalue weighted by atomic mass is 32.2. The third-order valence-corrected chi connectivity index (χ3v) is 5.06. The van der Waals surface area contributed by atoms with E-state index in [4.69, 9.17) is 0 Å². The van der Waals surface area contributed by atoms with Gasteiger partial charge in [-0.1, -0.05) is 36.4 Å². The molecule has 1 N–H and O–H groups in total. The average Bonchev–Trinajstić information content (AvgIpc) is 3.04. The molecule has 0 unspecified atom stereocenters. The van der Waals surface area contributed by atoms with Crippen molar-refractivity contribution in [2.24, 2.45) is 0 Å². The molecule has 0 spiro atoms. The lowest BCUT2D eigenvalue weighted by atomic mass is 10.1. The van der Waals surface area contributed by atoms with Gasteiger partial charge in [-0.3, -0.25) is 0 Å². The van der Waals surface area contributed by atoms with Crippen LogP contribution in [0.5, 0.6) is 0 Å². The first-order chi connectivity index (χ1) is 12.5. The van der Waals surface area contributed by atoms with Crippen molar-refractivity contribution in [1.82, 2.24) is 14.6 Å². The summed E-state index contributed by atoms with van der Waals surface area (Å²) in [5, 5.41) is 7.69. The molecule has 26 heavy (non-hydrogen) atoms. The highest BCUT2D eigenvalue weighted by Gasteiger charge is 2.12. The Labute approximate surface area is 151 Å². The van der Waals surface area contributed by atoms with Gasteiger partial charge in [-0.2, -0.15) is 4.98 Å². The molecule has 0 fully saturated rings. The number of aromatic nitrogens is 3. The van der Waals surface area contributed by atoms with E-state index in [9.17, 15) is 8.42 Å². The largest absolute Gasteiger partial charge is 0.323 e. The van der Waals surface area contributed by atoms with Crippen LogP contribution in [-0.4, -0.2) is 29.3 Å². The summed E-state index contributed by atoms with van der Waals surface area (Å²) >= 11 is 0. The third-order valence-electron chi connectivity index (χ3n) is 3.95. The van der Waals surface area contributed by atoms with E-state index in [-0.39, 0.29) is 4.90 Å². The number of fused-ring (bicyclic) bond motifs is 1. The number of nitrogens with one attached hydrogen (secondary N) is 1. The molecule has 4 aromatic rings. The highest BCUT2D eigenvalue weighted by Crippen LogP contribution is 2.24. The maximum Gasteiger partial charge on any atom is 0.247 e. The molecule has 0 aliphatic rings. The molecule has 0 amide bonds. The van der Waals surface area contributed by atoms with Gasteiger partial charge in [0.25, 0.3) is 0 Å². The normalized spacial score (nSPS) is 11.6. The standard InChI is InChI=1S/C19H16N4O2S/c1-26(24,25)16-10-5-7-14(13-16)17-11-6-12-18-21-19(22-23(17)18)20-15-8-3-2-4-9-15/h2-13H,1H3,(H,20,22). The minimum atomic E-state index is -3.28. The van der Waals surface area contributed by atoms with E-state index in [1.807, 2.05) is 54.6 Å². The van der Waals surface area contributed by atoms with E-state index in [1.54, 1.807) is 22.7 Å². The first kappa shape index (κ1) is 16.3. The van der Waals surface area contributed by atoms with Crippen LogP contribution in [0.1, 0.15) is 0 Å². The summed E-state index contributed by atoms with van der Waals surface area (Å²) in [5.41, 5.74) is 3.09. The summed E-state index contributed by atoms with van der Waals surface area (Å²) in [7, 11) is -3.28. The fourth-order valence-corrected chi connectivity index (χ4v) is 3.38. The van der Waals surface area contributed by atoms with E-state index < -0.39 is 9.84 Å². The summed E-state index contributed by atoms with van der Waals surface area (Å²) in [6.45, 7) is 0. The van der Waals surface area contributed by atoms with E-state index in [1.165, 1.54) is 6.26 Å². The van der Waals surface area contributed by atoms with Crippen molar-refractivity contribution in [3.05, 3.63) is 72.8 Å². The van der Waals surface area contributed by atoms with Crippen molar-refractivity contribution in [2.75, 3.05) is 11.6 Å². The van der Waals surface area contributed by atoms with Crippen molar-refractivity contribution in [3.8, 4) is 11.3 Å². The third kappa shape index (κ3) is 3.16. The number of anilines is 2. The summed E-state index contributed by atoms with van der Waals surface area (Å²) in [4.78, 5) is 4.76. The molecule has 4 rings (SSSR count). The Morgan fingerprint density at radius 2 is 1.69 bits per heavy atom. The van der Waals surface area contributed by atoms with Crippen LogP contribution in [-0.2, 0) is 9.84 Å². The molecule has 2 aromatic heterocycles. The van der Waals surface area contributed by atoms with Crippen LogP contribution in [0.25, 0.3) is 16.9 Å². The Hall–Kier alpha value is -3.19. The van der Waals surface area contributed by atoms with Crippen LogP contribution in [0.15, 0.2) is 77.7 Å². The monoisotopic (exact) mass is 364 g/mol. The van der Waals surface area contributed by atoms with Gasteiger partial charge in [-0.05, 0) is 36.4 Å². The van der Waals surface area contributed by atoms with Gasteiger partial charge in [0.05, 0.1) is 10.6 Å². The zero-order chi connectivity index (χ0) is 18.1. The summed E-state index contributed by atoms with van der Waals surface area (Å²) in [6.07, 6.45) is 1.20. The van der Waals surface area contributed by atoms with Gasteiger partial charge in [0.1, 0.15) is 0 Å². The maximum absolute atomic E-state index is 11.8. The number of pyridine rings is 1. The lowest BCUT2D eigenvalue weighted by Gasteiger charge is -2.06. The SMILES string of the molecule is CS(=O)(=O)c1cccc(-c2cccc3nc(Nc4ccccc4)nn23)c1. The predicted molar refractivity (Wildman–Crippen MR) is 101 cm³/mol. The average molecular weight is 364 g/mol. The molecular weight excluding hydrogens is 348 g/mol. The molecule has 0 aliphatic heterocycles. The lowest BCUT2D eigenvalue weighted by molar-refractivity contribution is 0.602. The minimum absolute atomic E-state index is 0.273. The molecule has 0 atom stereocenters. The van der Waals surface area contributed by atoms with Crippen LogP contribution in [0, 0.1) is 0 Å².